The van der Waals surface area contributed by atoms with Crippen molar-refractivity contribution < 1.29 is 14.3 Å². The van der Waals surface area contributed by atoms with Crippen molar-refractivity contribution >= 4 is 40.8 Å². The van der Waals surface area contributed by atoms with Crippen molar-refractivity contribution in [3.05, 3.63) is 63.1 Å². The minimum absolute atomic E-state index is 0.0172. The number of ether oxygens (including phenoxy) is 1. The van der Waals surface area contributed by atoms with E-state index in [9.17, 15) is 9.59 Å². The van der Waals surface area contributed by atoms with Gasteiger partial charge in [0.1, 0.15) is 0 Å². The highest BCUT2D eigenvalue weighted by Gasteiger charge is 2.21. The van der Waals surface area contributed by atoms with E-state index < -0.39 is 18.5 Å². The molecule has 2 rings (SSSR count). The molecule has 0 aromatic heterocycles. The van der Waals surface area contributed by atoms with E-state index in [1.807, 2.05) is 38.1 Å². The lowest BCUT2D eigenvalue weighted by Crippen LogP contribution is -2.35. The normalized spacial score (nSPS) is 10.2. The van der Waals surface area contributed by atoms with E-state index in [0.29, 0.717) is 5.69 Å². The fourth-order valence-electron chi connectivity index (χ4n) is 2.64. The summed E-state index contributed by atoms with van der Waals surface area (Å²) in [6, 6.07) is 12.3. The van der Waals surface area contributed by atoms with E-state index in [4.69, 9.17) is 33.2 Å². The lowest BCUT2D eigenvalue weighted by atomic mass is 10.1. The van der Waals surface area contributed by atoms with E-state index in [-0.39, 0.29) is 28.6 Å². The Morgan fingerprint density at radius 2 is 1.70 bits per heavy atom. The second kappa shape index (κ2) is 9.40. The van der Waals surface area contributed by atoms with Crippen LogP contribution in [0.15, 0.2) is 36.4 Å². The maximum atomic E-state index is 12.7. The van der Waals surface area contributed by atoms with Crippen molar-refractivity contribution in [2.45, 2.75) is 20.3 Å². The third-order valence-corrected chi connectivity index (χ3v) is 4.39. The van der Waals surface area contributed by atoms with E-state index in [1.165, 1.54) is 17.0 Å². The van der Waals surface area contributed by atoms with Gasteiger partial charge in [0.2, 0.25) is 0 Å². The first kappa shape index (κ1) is 20.8. The van der Waals surface area contributed by atoms with Crippen LogP contribution in [0.2, 0.25) is 10.0 Å². The first-order valence-electron chi connectivity index (χ1n) is 8.20. The van der Waals surface area contributed by atoms with Crippen LogP contribution in [0.1, 0.15) is 27.9 Å². The number of hydrogen-bond acceptors (Lipinski definition) is 4. The van der Waals surface area contributed by atoms with Gasteiger partial charge in [0.15, 0.2) is 6.61 Å². The van der Waals surface area contributed by atoms with Crippen molar-refractivity contribution in [2.24, 2.45) is 0 Å². The summed E-state index contributed by atoms with van der Waals surface area (Å²) in [4.78, 5) is 26.3. The highest BCUT2D eigenvalue weighted by molar-refractivity contribution is 6.39. The number of nitriles is 1. The molecule has 140 valence electrons. The van der Waals surface area contributed by atoms with Crippen LogP contribution in [-0.4, -0.2) is 25.0 Å². The molecule has 0 aliphatic carbocycles. The minimum atomic E-state index is -0.778. The van der Waals surface area contributed by atoms with Crippen molar-refractivity contribution in [1.29, 1.82) is 5.26 Å². The van der Waals surface area contributed by atoms with Gasteiger partial charge in [-0.3, -0.25) is 4.79 Å². The van der Waals surface area contributed by atoms with E-state index in [0.717, 1.165) is 11.1 Å². The van der Waals surface area contributed by atoms with Crippen LogP contribution < -0.4 is 4.90 Å². The molecule has 2 aromatic carbocycles. The predicted molar refractivity (Wildman–Crippen MR) is 105 cm³/mol. The van der Waals surface area contributed by atoms with E-state index in [2.05, 4.69) is 0 Å². The zero-order valence-corrected chi connectivity index (χ0v) is 16.5. The van der Waals surface area contributed by atoms with Crippen LogP contribution in [-0.2, 0) is 9.53 Å². The Balaban J connectivity index is 2.16. The molecule has 7 heteroatoms. The molecule has 0 bridgehead atoms. The van der Waals surface area contributed by atoms with Crippen LogP contribution in [0.3, 0.4) is 0 Å². The second-order valence-corrected chi connectivity index (χ2v) is 6.79. The number of carbonyl (C=O) groups excluding carboxylic acids is 2. The molecule has 5 nitrogen and oxygen atoms in total. The predicted octanol–water partition coefficient (Wildman–Crippen LogP) is 4.71. The number of hydrogen-bond donors (Lipinski definition) is 0. The molecular formula is C20H18Cl2N2O3. The van der Waals surface area contributed by atoms with E-state index in [1.54, 1.807) is 6.07 Å². The Morgan fingerprint density at radius 3 is 2.26 bits per heavy atom. The molecule has 0 saturated carbocycles. The largest absolute Gasteiger partial charge is 0.452 e. The van der Waals surface area contributed by atoms with Gasteiger partial charge >= 0.3 is 5.97 Å². The first-order valence-corrected chi connectivity index (χ1v) is 8.96. The molecule has 0 fully saturated rings. The Kier molecular flexibility index (Phi) is 7.23. The Hall–Kier alpha value is -2.55. The third-order valence-electron chi connectivity index (χ3n) is 3.76. The van der Waals surface area contributed by atoms with Gasteiger partial charge in [0.25, 0.3) is 5.91 Å². The number of esters is 1. The van der Waals surface area contributed by atoms with Gasteiger partial charge in [-0.15, -0.1) is 0 Å². The third kappa shape index (κ3) is 5.46. The second-order valence-electron chi connectivity index (χ2n) is 5.97. The van der Waals surface area contributed by atoms with Crippen molar-refractivity contribution in [3.8, 4) is 6.07 Å². The first-order chi connectivity index (χ1) is 12.8. The fraction of sp³-hybridized carbons (Fsp3) is 0.250. The summed E-state index contributed by atoms with van der Waals surface area (Å²) in [7, 11) is 0. The topological polar surface area (TPSA) is 70.4 Å². The summed E-state index contributed by atoms with van der Waals surface area (Å²) in [5.74, 6) is -1.22. The van der Waals surface area contributed by atoms with Crippen molar-refractivity contribution in [2.75, 3.05) is 18.1 Å². The lowest BCUT2D eigenvalue weighted by Gasteiger charge is -2.22. The van der Waals surface area contributed by atoms with Crippen LogP contribution in [0.5, 0.6) is 0 Å². The monoisotopic (exact) mass is 404 g/mol. The van der Waals surface area contributed by atoms with Gasteiger partial charge in [-0.2, -0.15) is 5.26 Å². The minimum Gasteiger partial charge on any atom is -0.452 e. The highest BCUT2D eigenvalue weighted by Crippen LogP contribution is 2.25. The highest BCUT2D eigenvalue weighted by atomic mass is 35.5. The van der Waals surface area contributed by atoms with Crippen LogP contribution in [0.4, 0.5) is 5.69 Å². The summed E-state index contributed by atoms with van der Waals surface area (Å²) in [6.45, 7) is 3.55. The van der Waals surface area contributed by atoms with Gasteiger partial charge in [-0.25, -0.2) is 4.79 Å². The lowest BCUT2D eigenvalue weighted by molar-refractivity contribution is -0.121. The number of amides is 1. The average molecular weight is 405 g/mol. The molecule has 2 aromatic rings. The number of benzene rings is 2. The molecular weight excluding hydrogens is 387 g/mol. The zero-order chi connectivity index (χ0) is 20.0. The molecule has 27 heavy (non-hydrogen) atoms. The number of nitrogens with zero attached hydrogens (tertiary/aromatic N) is 2. The molecule has 0 spiro atoms. The number of anilines is 1. The molecule has 0 radical (unpaired) electrons. The van der Waals surface area contributed by atoms with Gasteiger partial charge in [-0.1, -0.05) is 35.3 Å². The maximum Gasteiger partial charge on any atom is 0.341 e. The SMILES string of the molecule is Cc1cc(C)cc(N(CCC#N)C(=O)COC(=O)c2c(Cl)cccc2Cl)c1. The summed E-state index contributed by atoms with van der Waals surface area (Å²) >= 11 is 12.0. The summed E-state index contributed by atoms with van der Waals surface area (Å²) < 4.78 is 5.11. The quantitative estimate of drug-likeness (QED) is 0.653. The van der Waals surface area contributed by atoms with Gasteiger partial charge in [0, 0.05) is 12.2 Å². The van der Waals surface area contributed by atoms with E-state index >= 15 is 0 Å². The van der Waals surface area contributed by atoms with Gasteiger partial charge in [0.05, 0.1) is 28.1 Å². The Bertz CT molecular complexity index is 866. The molecule has 0 aliphatic rings. The molecule has 0 aliphatic heterocycles. The number of halogens is 2. The zero-order valence-electron chi connectivity index (χ0n) is 15.0. The van der Waals surface area contributed by atoms with Gasteiger partial charge in [-0.05, 0) is 49.2 Å². The molecule has 1 amide bonds. The summed E-state index contributed by atoms with van der Waals surface area (Å²) in [6.07, 6.45) is 0.156. The summed E-state index contributed by atoms with van der Waals surface area (Å²) in [5, 5.41) is 9.18. The molecule has 0 unspecified atom stereocenters. The van der Waals surface area contributed by atoms with Crippen LogP contribution in [0, 0.1) is 25.2 Å². The maximum absolute atomic E-state index is 12.7. The van der Waals surface area contributed by atoms with Crippen molar-refractivity contribution in [1.82, 2.24) is 0 Å². The fourth-order valence-corrected chi connectivity index (χ4v) is 3.19. The molecule has 0 saturated heterocycles. The number of rotatable bonds is 6. The smallest absolute Gasteiger partial charge is 0.341 e. The van der Waals surface area contributed by atoms with Gasteiger partial charge < -0.3 is 9.64 Å². The number of aryl methyl sites for hydroxylation is 2. The Labute approximate surface area is 168 Å². The molecule has 0 heterocycles. The van der Waals surface area contributed by atoms with Crippen LogP contribution in [0.25, 0.3) is 0 Å². The molecule has 0 atom stereocenters. The standard InChI is InChI=1S/C20H18Cl2N2O3/c1-13-9-14(2)11-15(10-13)24(8-4-7-23)18(25)12-27-20(26)19-16(21)5-3-6-17(19)22/h3,5-6,9-11H,4,8,12H2,1-2H3. The average Bonchev–Trinajstić information content (AvgIpc) is 2.59. The Morgan fingerprint density at radius 1 is 1.11 bits per heavy atom. The molecule has 0 N–H and O–H groups in total. The van der Waals surface area contributed by atoms with Crippen LogP contribution >= 0.6 is 23.2 Å². The summed E-state index contributed by atoms with van der Waals surface area (Å²) in [5.41, 5.74) is 2.64. The van der Waals surface area contributed by atoms with Crippen molar-refractivity contribution in [3.63, 3.8) is 0 Å². The number of carbonyl (C=O) groups is 2.